The Hall–Kier alpha value is -1.43. The zero-order chi connectivity index (χ0) is 19.1. The molecule has 0 N–H and O–H groups in total. The van der Waals surface area contributed by atoms with E-state index < -0.39 is 8.32 Å². The number of rotatable bonds is 8. The summed E-state index contributed by atoms with van der Waals surface area (Å²) in [6, 6.07) is 8.27. The van der Waals surface area contributed by atoms with Crippen molar-refractivity contribution in [2.24, 2.45) is 0 Å². The molecule has 0 aliphatic rings. The second-order valence-electron chi connectivity index (χ2n) is 7.76. The topological polar surface area (TPSA) is 44.8 Å². The van der Waals surface area contributed by atoms with Gasteiger partial charge < -0.3 is 13.9 Å². The lowest BCUT2D eigenvalue weighted by Gasteiger charge is -2.38. The summed E-state index contributed by atoms with van der Waals surface area (Å²) < 4.78 is 16.4. The van der Waals surface area contributed by atoms with Gasteiger partial charge in [0, 0.05) is 19.6 Å². The first-order chi connectivity index (χ1) is 11.6. The number of methoxy groups -OCH3 is 2. The van der Waals surface area contributed by atoms with Gasteiger partial charge in [-0.05, 0) is 35.3 Å². The highest BCUT2D eigenvalue weighted by atomic mass is 28.4. The third-order valence-corrected chi connectivity index (χ3v) is 9.14. The van der Waals surface area contributed by atoms with E-state index in [4.69, 9.17) is 13.9 Å². The molecule has 0 fully saturated rings. The van der Waals surface area contributed by atoms with E-state index in [1.54, 1.807) is 7.11 Å². The molecule has 4 nitrogen and oxygen atoms in total. The fraction of sp³-hybridized carbons (Fsp3) is 0.550. The van der Waals surface area contributed by atoms with E-state index in [-0.39, 0.29) is 17.1 Å². The van der Waals surface area contributed by atoms with Crippen molar-refractivity contribution in [2.75, 3.05) is 14.2 Å². The molecule has 0 saturated carbocycles. The van der Waals surface area contributed by atoms with Gasteiger partial charge in [-0.3, -0.25) is 0 Å². The van der Waals surface area contributed by atoms with Crippen LogP contribution >= 0.6 is 0 Å². The highest BCUT2D eigenvalue weighted by Crippen LogP contribution is 2.37. The normalized spacial score (nSPS) is 13.9. The lowest BCUT2D eigenvalue weighted by molar-refractivity contribution is -0.134. The summed E-state index contributed by atoms with van der Waals surface area (Å²) in [6.07, 6.45) is 3.81. The molecular weight excluding hydrogens is 332 g/mol. The summed E-state index contributed by atoms with van der Waals surface area (Å²) in [5, 5.41) is 0.0995. The molecular formula is C20H32O4Si. The van der Waals surface area contributed by atoms with Gasteiger partial charge in [-0.25, -0.2) is 4.79 Å². The predicted molar refractivity (Wildman–Crippen MR) is 104 cm³/mol. The minimum Gasteiger partial charge on any atom is -0.466 e. The molecule has 0 aromatic heterocycles. The fourth-order valence-electron chi connectivity index (χ4n) is 2.20. The number of benzene rings is 1. The lowest BCUT2D eigenvalue weighted by Crippen LogP contribution is -2.44. The third-order valence-electron chi connectivity index (χ3n) is 4.64. The van der Waals surface area contributed by atoms with Gasteiger partial charge in [0.05, 0.1) is 19.8 Å². The van der Waals surface area contributed by atoms with Crippen LogP contribution in [0.3, 0.4) is 0 Å². The van der Waals surface area contributed by atoms with Crippen LogP contribution in [0.4, 0.5) is 0 Å². The second kappa shape index (κ2) is 9.32. The Morgan fingerprint density at radius 2 is 1.84 bits per heavy atom. The van der Waals surface area contributed by atoms with Crippen LogP contribution in [0.25, 0.3) is 0 Å². The first-order valence-electron chi connectivity index (χ1n) is 8.60. The molecule has 0 saturated heterocycles. The molecule has 1 aromatic carbocycles. The molecule has 0 radical (unpaired) electrons. The Labute approximate surface area is 153 Å². The van der Waals surface area contributed by atoms with Crippen molar-refractivity contribution in [2.45, 2.75) is 58.0 Å². The van der Waals surface area contributed by atoms with Crippen molar-refractivity contribution in [3.8, 4) is 0 Å². The summed E-state index contributed by atoms with van der Waals surface area (Å²) in [6.45, 7) is 11.6. The summed E-state index contributed by atoms with van der Waals surface area (Å²) in [4.78, 5) is 11.5. The van der Waals surface area contributed by atoms with Gasteiger partial charge in [0.1, 0.15) is 0 Å². The minimum atomic E-state index is -1.96. The Kier molecular flexibility index (Phi) is 8.05. The zero-order valence-corrected chi connectivity index (χ0v) is 17.6. The summed E-state index contributed by atoms with van der Waals surface area (Å²) in [5.74, 6) is -0.364. The van der Waals surface area contributed by atoms with Crippen LogP contribution in [0, 0.1) is 0 Å². The highest BCUT2D eigenvalue weighted by Gasteiger charge is 2.38. The summed E-state index contributed by atoms with van der Waals surface area (Å²) >= 11 is 0. The zero-order valence-electron chi connectivity index (χ0n) is 16.6. The summed E-state index contributed by atoms with van der Waals surface area (Å²) in [5.41, 5.74) is 2.29. The Bertz CT molecular complexity index is 588. The largest absolute Gasteiger partial charge is 0.466 e. The summed E-state index contributed by atoms with van der Waals surface area (Å²) in [7, 11) is 1.11. The van der Waals surface area contributed by atoms with Crippen molar-refractivity contribution >= 4 is 14.3 Å². The second-order valence-corrected chi connectivity index (χ2v) is 12.5. The molecule has 0 aliphatic heterocycles. The fourth-order valence-corrected chi connectivity index (χ4v) is 3.48. The van der Waals surface area contributed by atoms with E-state index in [0.717, 1.165) is 11.1 Å². The van der Waals surface area contributed by atoms with E-state index in [0.29, 0.717) is 13.0 Å². The molecule has 1 rings (SSSR count). The molecule has 0 unspecified atom stereocenters. The van der Waals surface area contributed by atoms with Gasteiger partial charge in [-0.2, -0.15) is 0 Å². The van der Waals surface area contributed by atoms with Crippen molar-refractivity contribution < 1.29 is 18.7 Å². The Morgan fingerprint density at radius 1 is 1.20 bits per heavy atom. The third kappa shape index (κ3) is 7.14. The van der Waals surface area contributed by atoms with E-state index in [1.807, 2.05) is 18.2 Å². The lowest BCUT2D eigenvalue weighted by atomic mass is 10.0. The van der Waals surface area contributed by atoms with Gasteiger partial charge >= 0.3 is 5.97 Å². The molecule has 0 aliphatic carbocycles. The molecule has 1 atom stereocenters. The van der Waals surface area contributed by atoms with Gasteiger partial charge in [0.2, 0.25) is 0 Å². The van der Waals surface area contributed by atoms with Crippen molar-refractivity contribution in [1.29, 1.82) is 0 Å². The molecule has 5 heteroatoms. The average molecular weight is 365 g/mol. The Morgan fingerprint density at radius 3 is 2.40 bits per heavy atom. The predicted octanol–water partition coefficient (Wildman–Crippen LogP) is 4.50. The monoisotopic (exact) mass is 364 g/mol. The molecule has 25 heavy (non-hydrogen) atoms. The van der Waals surface area contributed by atoms with E-state index in [2.05, 4.69) is 46.0 Å². The van der Waals surface area contributed by atoms with Crippen LogP contribution in [-0.4, -0.2) is 34.6 Å². The van der Waals surface area contributed by atoms with Crippen molar-refractivity contribution in [1.82, 2.24) is 0 Å². The molecule has 0 amide bonds. The van der Waals surface area contributed by atoms with Crippen LogP contribution in [-0.2, 0) is 31.7 Å². The van der Waals surface area contributed by atoms with Gasteiger partial charge in [-0.15, -0.1) is 0 Å². The molecule has 0 heterocycles. The number of esters is 1. The van der Waals surface area contributed by atoms with Crippen molar-refractivity contribution in [3.05, 3.63) is 47.5 Å². The van der Waals surface area contributed by atoms with Crippen LogP contribution in [0.15, 0.2) is 36.4 Å². The van der Waals surface area contributed by atoms with Crippen LogP contribution in [0.5, 0.6) is 0 Å². The first kappa shape index (κ1) is 21.6. The minimum absolute atomic E-state index is 0.0995. The van der Waals surface area contributed by atoms with Gasteiger partial charge in [0.15, 0.2) is 8.32 Å². The van der Waals surface area contributed by atoms with E-state index >= 15 is 0 Å². The number of hydrogen-bond acceptors (Lipinski definition) is 4. The van der Waals surface area contributed by atoms with Crippen LogP contribution < -0.4 is 0 Å². The standard InChI is InChI=1S/C20H32O4Si/c1-20(2,3)25(6,7)24-18(11-12-19(21)23-5)14-16-9-8-10-17(13-16)15-22-4/h8-13,18H,14-15H2,1-7H3/b12-11+/t18-/m1/s1. The maximum absolute atomic E-state index is 11.5. The van der Waals surface area contributed by atoms with E-state index in [1.165, 1.54) is 13.2 Å². The van der Waals surface area contributed by atoms with E-state index in [9.17, 15) is 4.79 Å². The van der Waals surface area contributed by atoms with Gasteiger partial charge in [-0.1, -0.05) is 45.0 Å². The Balaban J connectivity index is 3.00. The number of ether oxygens (including phenoxy) is 2. The number of carbonyl (C=O) groups excluding carboxylic acids is 1. The van der Waals surface area contributed by atoms with Crippen LogP contribution in [0.2, 0.25) is 18.1 Å². The molecule has 140 valence electrons. The molecule has 0 bridgehead atoms. The molecule has 0 spiro atoms. The number of hydrogen-bond donors (Lipinski definition) is 0. The first-order valence-corrected chi connectivity index (χ1v) is 11.5. The van der Waals surface area contributed by atoms with Crippen LogP contribution in [0.1, 0.15) is 31.9 Å². The highest BCUT2D eigenvalue weighted by molar-refractivity contribution is 6.74. The maximum Gasteiger partial charge on any atom is 0.330 e. The average Bonchev–Trinajstić information content (AvgIpc) is 2.51. The maximum atomic E-state index is 11.5. The quantitative estimate of drug-likeness (QED) is 0.387. The van der Waals surface area contributed by atoms with Gasteiger partial charge in [0.25, 0.3) is 0 Å². The van der Waals surface area contributed by atoms with Crippen molar-refractivity contribution in [3.63, 3.8) is 0 Å². The number of carbonyl (C=O) groups is 1. The smallest absolute Gasteiger partial charge is 0.330 e. The molecule has 1 aromatic rings. The SMILES string of the molecule is COCc1cccc(C[C@@H](/C=C/C(=O)OC)O[Si](C)(C)C(C)(C)C)c1.